The zero-order valence-electron chi connectivity index (χ0n) is 26.8. The molecule has 1 aromatic heterocycles. The predicted molar refractivity (Wildman–Crippen MR) is 174 cm³/mol. The number of nitrogen functional groups attached to an aromatic ring is 1. The van der Waals surface area contributed by atoms with Gasteiger partial charge < -0.3 is 10.6 Å². The van der Waals surface area contributed by atoms with Crippen LogP contribution in [0.2, 0.25) is 5.02 Å². The van der Waals surface area contributed by atoms with Crippen LogP contribution in [0.25, 0.3) is 0 Å². The second-order valence-corrected chi connectivity index (χ2v) is 14.5. The van der Waals surface area contributed by atoms with Crippen LogP contribution in [0.1, 0.15) is 101 Å². The van der Waals surface area contributed by atoms with E-state index in [0.29, 0.717) is 11.6 Å². The molecule has 44 heavy (non-hydrogen) atoms. The van der Waals surface area contributed by atoms with E-state index in [0.717, 1.165) is 107 Å². The third kappa shape index (κ3) is 7.48. The monoisotopic (exact) mass is 626 g/mol. The number of nitriles is 1. The third-order valence-electron chi connectivity index (χ3n) is 10.6. The summed E-state index contributed by atoms with van der Waals surface area (Å²) in [6.45, 7) is 10.3. The number of alkyl halides is 1. The van der Waals surface area contributed by atoms with Gasteiger partial charge in [-0.3, -0.25) is 4.90 Å². The van der Waals surface area contributed by atoms with E-state index in [4.69, 9.17) is 27.3 Å². The molecule has 4 heterocycles. The summed E-state index contributed by atoms with van der Waals surface area (Å²) in [6, 6.07) is 5.44. The topological polar surface area (TPSA) is 82.1 Å². The molecule has 1 aromatic carbocycles. The molecule has 0 spiro atoms. The number of halogens is 3. The zero-order valence-corrected chi connectivity index (χ0v) is 27.5. The van der Waals surface area contributed by atoms with Crippen molar-refractivity contribution in [1.82, 2.24) is 14.9 Å². The fourth-order valence-corrected chi connectivity index (χ4v) is 8.13. The number of benzene rings is 1. The summed E-state index contributed by atoms with van der Waals surface area (Å²) in [7, 11) is 0. The maximum atomic E-state index is 13.9. The fraction of sp³-hybridized carbons (Fsp3) is 0.686. The van der Waals surface area contributed by atoms with E-state index < -0.39 is 12.0 Å². The number of hydrogen-bond donors (Lipinski definition) is 1. The number of nitrogens with two attached hydrogens (primary N) is 1. The van der Waals surface area contributed by atoms with Crippen LogP contribution >= 0.6 is 11.6 Å². The van der Waals surface area contributed by atoms with Crippen LogP contribution in [-0.2, 0) is 25.7 Å². The summed E-state index contributed by atoms with van der Waals surface area (Å²) in [5, 5.41) is 9.90. The number of fused-ring (bicyclic) bond motifs is 2. The minimum Gasteiger partial charge on any atom is -0.396 e. The van der Waals surface area contributed by atoms with Crippen LogP contribution in [0.15, 0.2) is 12.1 Å². The SMILES string of the molecule is CC12CCCN1CC(F)C2.CCc1nc2c(c(N3CCCC(C#N)CC3)n1)CCC(C)(CCCc1cc(F)c(N)cc1Cl)C2. The van der Waals surface area contributed by atoms with Crippen molar-refractivity contribution in [2.24, 2.45) is 11.3 Å². The highest BCUT2D eigenvalue weighted by atomic mass is 35.5. The van der Waals surface area contributed by atoms with E-state index in [2.05, 4.69) is 36.6 Å². The highest BCUT2D eigenvalue weighted by molar-refractivity contribution is 6.31. The van der Waals surface area contributed by atoms with Crippen molar-refractivity contribution in [3.63, 3.8) is 0 Å². The molecule has 6 nitrogen and oxygen atoms in total. The van der Waals surface area contributed by atoms with E-state index in [-0.39, 0.29) is 22.6 Å². The Hall–Kier alpha value is -2.50. The van der Waals surface area contributed by atoms with E-state index in [1.807, 2.05) is 0 Å². The van der Waals surface area contributed by atoms with Crippen LogP contribution in [0, 0.1) is 28.5 Å². The molecule has 0 saturated carbocycles. The predicted octanol–water partition coefficient (Wildman–Crippen LogP) is 7.64. The van der Waals surface area contributed by atoms with Crippen molar-refractivity contribution in [3.8, 4) is 6.07 Å². The summed E-state index contributed by atoms with van der Waals surface area (Å²) >= 11 is 6.29. The van der Waals surface area contributed by atoms with E-state index in [1.165, 1.54) is 36.2 Å². The quantitative estimate of drug-likeness (QED) is 0.332. The van der Waals surface area contributed by atoms with E-state index in [9.17, 15) is 14.0 Å². The number of hydrogen-bond acceptors (Lipinski definition) is 6. The van der Waals surface area contributed by atoms with Gasteiger partial charge in [0.2, 0.25) is 0 Å². The molecule has 2 N–H and O–H groups in total. The van der Waals surface area contributed by atoms with Crippen LogP contribution < -0.4 is 10.6 Å². The summed E-state index contributed by atoms with van der Waals surface area (Å²) in [4.78, 5) is 14.6. The Morgan fingerprint density at radius 3 is 2.70 bits per heavy atom. The Morgan fingerprint density at radius 1 is 1.14 bits per heavy atom. The lowest BCUT2D eigenvalue weighted by Gasteiger charge is -2.37. The molecular weight excluding hydrogens is 578 g/mol. The number of anilines is 2. The van der Waals surface area contributed by atoms with Crippen molar-refractivity contribution in [1.29, 1.82) is 5.26 Å². The molecule has 4 atom stereocenters. The molecule has 0 bridgehead atoms. The number of aromatic nitrogens is 2. The lowest BCUT2D eigenvalue weighted by atomic mass is 9.71. The van der Waals surface area contributed by atoms with Gasteiger partial charge in [-0.05, 0) is 114 Å². The van der Waals surface area contributed by atoms with Crippen molar-refractivity contribution in [2.45, 2.75) is 116 Å². The average molecular weight is 627 g/mol. The van der Waals surface area contributed by atoms with Gasteiger partial charge in [-0.15, -0.1) is 0 Å². The van der Waals surface area contributed by atoms with E-state index >= 15 is 0 Å². The molecule has 0 amide bonds. The van der Waals surface area contributed by atoms with Crippen molar-refractivity contribution in [3.05, 3.63) is 45.6 Å². The molecule has 4 aliphatic rings. The molecular formula is C35H49ClF2N6. The molecule has 2 aromatic rings. The van der Waals surface area contributed by atoms with E-state index in [1.54, 1.807) is 0 Å². The van der Waals surface area contributed by atoms with Gasteiger partial charge >= 0.3 is 0 Å². The molecule has 4 unspecified atom stereocenters. The second-order valence-electron chi connectivity index (χ2n) is 14.1. The van der Waals surface area contributed by atoms with Gasteiger partial charge in [0.15, 0.2) is 0 Å². The Labute approximate surface area is 267 Å². The van der Waals surface area contributed by atoms with Crippen molar-refractivity contribution < 1.29 is 8.78 Å². The number of aryl methyl sites for hydroxylation is 2. The first-order valence-corrected chi connectivity index (χ1v) is 17.1. The Balaban J connectivity index is 0.000000322. The van der Waals surface area contributed by atoms with Crippen LogP contribution in [-0.4, -0.2) is 52.8 Å². The highest BCUT2D eigenvalue weighted by Crippen LogP contribution is 2.42. The Kier molecular flexibility index (Phi) is 10.4. The molecule has 240 valence electrons. The molecule has 9 heteroatoms. The van der Waals surface area contributed by atoms with Crippen molar-refractivity contribution >= 4 is 23.1 Å². The number of nitrogens with zero attached hydrogens (tertiary/aromatic N) is 5. The molecule has 1 aliphatic carbocycles. The molecule has 3 fully saturated rings. The van der Waals surface area contributed by atoms with Crippen LogP contribution in [0.3, 0.4) is 0 Å². The molecule has 3 aliphatic heterocycles. The Bertz CT molecular complexity index is 1360. The average Bonchev–Trinajstić information content (AvgIpc) is 3.35. The van der Waals surface area contributed by atoms with Crippen molar-refractivity contribution in [2.75, 3.05) is 36.8 Å². The lowest BCUT2D eigenvalue weighted by Crippen LogP contribution is -2.34. The van der Waals surface area contributed by atoms with Crippen LogP contribution in [0.5, 0.6) is 0 Å². The maximum Gasteiger partial charge on any atom is 0.146 e. The first-order chi connectivity index (χ1) is 21.0. The minimum absolute atomic E-state index is 0.0966. The minimum atomic E-state index is -0.551. The van der Waals surface area contributed by atoms with Gasteiger partial charge in [-0.1, -0.05) is 25.4 Å². The summed E-state index contributed by atoms with van der Waals surface area (Å²) in [5.74, 6) is 1.76. The highest BCUT2D eigenvalue weighted by Gasteiger charge is 2.44. The third-order valence-corrected chi connectivity index (χ3v) is 10.9. The summed E-state index contributed by atoms with van der Waals surface area (Å²) in [5.41, 5.74) is 9.41. The fourth-order valence-electron chi connectivity index (χ4n) is 7.86. The van der Waals surface area contributed by atoms with Gasteiger partial charge in [0.1, 0.15) is 23.6 Å². The lowest BCUT2D eigenvalue weighted by molar-refractivity contribution is 0.217. The zero-order chi connectivity index (χ0) is 31.5. The normalized spacial score (nSPS) is 28.4. The first kappa shape index (κ1) is 32.9. The summed E-state index contributed by atoms with van der Waals surface area (Å²) in [6.07, 6.45) is 12.1. The van der Waals surface area contributed by atoms with Gasteiger partial charge in [0, 0.05) is 53.8 Å². The van der Waals surface area contributed by atoms with Gasteiger partial charge in [0.25, 0.3) is 0 Å². The first-order valence-electron chi connectivity index (χ1n) is 16.7. The largest absolute Gasteiger partial charge is 0.396 e. The second kappa shape index (κ2) is 13.9. The Morgan fingerprint density at radius 2 is 1.95 bits per heavy atom. The van der Waals surface area contributed by atoms with Gasteiger partial charge in [0.05, 0.1) is 11.8 Å². The summed E-state index contributed by atoms with van der Waals surface area (Å²) < 4.78 is 26.7. The van der Waals surface area contributed by atoms with Gasteiger partial charge in [-0.25, -0.2) is 18.7 Å². The molecule has 6 rings (SSSR count). The molecule has 0 radical (unpaired) electrons. The smallest absolute Gasteiger partial charge is 0.146 e. The number of rotatable bonds is 6. The van der Waals surface area contributed by atoms with Gasteiger partial charge in [-0.2, -0.15) is 5.26 Å². The standard InChI is InChI=1S/C27H35ClFN5.C8H14FN/c1-3-25-32-24-16-27(2,10-4-7-19-14-22(29)23(31)15-21(19)28)11-8-20(24)26(33-25)34-12-5-6-18(17-30)9-13-34;1-8-3-2-4-10(8)6-7(9)5-8/h14-15,18H,3-13,16,31H2,1-2H3;7H,2-6H2,1H3. The van der Waals surface area contributed by atoms with Crippen LogP contribution in [0.4, 0.5) is 20.3 Å². The molecule has 3 saturated heterocycles. The maximum absolute atomic E-state index is 13.9.